The molecule has 0 saturated heterocycles. The molecule has 1 aromatic heterocycles. The largest absolute Gasteiger partial charge is 0.491 e. The highest BCUT2D eigenvalue weighted by atomic mass is 16.5. The molecule has 1 heterocycles. The van der Waals surface area contributed by atoms with Crippen LogP contribution < -0.4 is 15.8 Å². The Kier molecular flexibility index (Phi) is 5.41. The van der Waals surface area contributed by atoms with Gasteiger partial charge < -0.3 is 14.5 Å². The Bertz CT molecular complexity index is 938. The number of oxazole rings is 1. The number of hydrogen-bond donors (Lipinski definition) is 1. The molecule has 0 aliphatic carbocycles. The van der Waals surface area contributed by atoms with Gasteiger partial charge in [-0.1, -0.05) is 12.1 Å². The van der Waals surface area contributed by atoms with Crippen LogP contribution in [0.3, 0.4) is 0 Å². The van der Waals surface area contributed by atoms with E-state index in [0.717, 1.165) is 17.0 Å². The topological polar surface area (TPSA) is 73.5 Å². The molecule has 0 bridgehead atoms. The quantitative estimate of drug-likeness (QED) is 0.700. The number of para-hydroxylation sites is 2. The van der Waals surface area contributed by atoms with E-state index in [0.29, 0.717) is 25.0 Å². The summed E-state index contributed by atoms with van der Waals surface area (Å²) in [4.78, 5) is 24.0. The Morgan fingerprint density at radius 2 is 1.88 bits per heavy atom. The number of carbonyl (C=O) groups is 1. The molecule has 0 saturated carbocycles. The SMILES string of the molecule is CC(C)Oc1ccc(NC(=O)CCCn2c(=O)oc3ccccc32)cc1. The number of anilines is 1. The van der Waals surface area contributed by atoms with Crippen LogP contribution in [-0.4, -0.2) is 16.6 Å². The van der Waals surface area contributed by atoms with Crippen LogP contribution in [0, 0.1) is 0 Å². The minimum atomic E-state index is -0.396. The maximum Gasteiger partial charge on any atom is 0.419 e. The molecule has 3 aromatic rings. The molecular weight excluding hydrogens is 332 g/mol. The first-order valence-corrected chi connectivity index (χ1v) is 8.68. The van der Waals surface area contributed by atoms with Gasteiger partial charge in [-0.25, -0.2) is 4.79 Å². The molecule has 0 unspecified atom stereocenters. The lowest BCUT2D eigenvalue weighted by atomic mass is 10.2. The minimum Gasteiger partial charge on any atom is -0.491 e. The number of ether oxygens (including phenoxy) is 1. The van der Waals surface area contributed by atoms with Crippen molar-refractivity contribution in [2.24, 2.45) is 0 Å². The standard InChI is InChI=1S/C20H22N2O4/c1-14(2)25-16-11-9-15(10-12-16)21-19(23)8-5-13-22-17-6-3-4-7-18(17)26-20(22)24/h3-4,6-7,9-12,14H,5,8,13H2,1-2H3,(H,21,23). The fraction of sp³-hybridized carbons (Fsp3) is 0.300. The van der Waals surface area contributed by atoms with E-state index in [9.17, 15) is 9.59 Å². The molecule has 0 radical (unpaired) electrons. The van der Waals surface area contributed by atoms with Crippen molar-refractivity contribution in [2.75, 3.05) is 5.32 Å². The molecule has 0 aliphatic rings. The van der Waals surface area contributed by atoms with Crippen LogP contribution in [0.5, 0.6) is 5.75 Å². The van der Waals surface area contributed by atoms with Crippen LogP contribution in [0.2, 0.25) is 0 Å². The molecule has 2 aromatic carbocycles. The van der Waals surface area contributed by atoms with Gasteiger partial charge >= 0.3 is 5.76 Å². The fourth-order valence-electron chi connectivity index (χ4n) is 2.74. The van der Waals surface area contributed by atoms with Crippen LogP contribution >= 0.6 is 0 Å². The van der Waals surface area contributed by atoms with Crippen LogP contribution in [0.1, 0.15) is 26.7 Å². The predicted molar refractivity (Wildman–Crippen MR) is 101 cm³/mol. The number of aromatic nitrogens is 1. The maximum absolute atomic E-state index is 12.1. The van der Waals surface area contributed by atoms with Gasteiger partial charge in [-0.15, -0.1) is 0 Å². The lowest BCUT2D eigenvalue weighted by Gasteiger charge is -2.10. The summed E-state index contributed by atoms with van der Waals surface area (Å²) in [6.45, 7) is 4.36. The summed E-state index contributed by atoms with van der Waals surface area (Å²) in [6, 6.07) is 14.5. The first-order chi connectivity index (χ1) is 12.5. The molecule has 136 valence electrons. The second-order valence-electron chi connectivity index (χ2n) is 6.33. The van der Waals surface area contributed by atoms with Crippen molar-refractivity contribution >= 4 is 22.7 Å². The Balaban J connectivity index is 1.52. The van der Waals surface area contributed by atoms with E-state index in [1.165, 1.54) is 0 Å². The van der Waals surface area contributed by atoms with Gasteiger partial charge in [0.25, 0.3) is 0 Å². The lowest BCUT2D eigenvalue weighted by molar-refractivity contribution is -0.116. The molecule has 1 amide bonds. The zero-order valence-electron chi connectivity index (χ0n) is 14.9. The Labute approximate surface area is 151 Å². The Hall–Kier alpha value is -3.02. The number of nitrogens with zero attached hydrogens (tertiary/aromatic N) is 1. The molecule has 0 atom stereocenters. The van der Waals surface area contributed by atoms with Crippen molar-refractivity contribution in [1.29, 1.82) is 0 Å². The number of rotatable bonds is 7. The molecule has 1 N–H and O–H groups in total. The Morgan fingerprint density at radius 3 is 2.62 bits per heavy atom. The van der Waals surface area contributed by atoms with Gasteiger partial charge in [-0.05, 0) is 56.7 Å². The number of aryl methyl sites for hydroxylation is 1. The van der Waals surface area contributed by atoms with Gasteiger partial charge in [0.15, 0.2) is 5.58 Å². The number of carbonyl (C=O) groups excluding carboxylic acids is 1. The van der Waals surface area contributed by atoms with Crippen molar-refractivity contribution in [3.05, 3.63) is 59.1 Å². The third kappa shape index (κ3) is 4.33. The second-order valence-corrected chi connectivity index (χ2v) is 6.33. The summed E-state index contributed by atoms with van der Waals surface area (Å²) >= 11 is 0. The van der Waals surface area contributed by atoms with Crippen molar-refractivity contribution < 1.29 is 13.9 Å². The lowest BCUT2D eigenvalue weighted by Crippen LogP contribution is -2.17. The highest BCUT2D eigenvalue weighted by Crippen LogP contribution is 2.17. The van der Waals surface area contributed by atoms with Gasteiger partial charge in [-0.3, -0.25) is 9.36 Å². The van der Waals surface area contributed by atoms with Gasteiger partial charge in [0, 0.05) is 18.7 Å². The zero-order chi connectivity index (χ0) is 18.5. The van der Waals surface area contributed by atoms with E-state index in [2.05, 4.69) is 5.32 Å². The number of nitrogens with one attached hydrogen (secondary N) is 1. The summed E-state index contributed by atoms with van der Waals surface area (Å²) in [5.41, 5.74) is 2.03. The Morgan fingerprint density at radius 1 is 1.15 bits per heavy atom. The highest BCUT2D eigenvalue weighted by molar-refractivity contribution is 5.90. The van der Waals surface area contributed by atoms with Crippen LogP contribution in [-0.2, 0) is 11.3 Å². The summed E-state index contributed by atoms with van der Waals surface area (Å²) in [6.07, 6.45) is 0.970. The summed E-state index contributed by atoms with van der Waals surface area (Å²) in [7, 11) is 0. The number of benzene rings is 2. The molecule has 0 aliphatic heterocycles. The fourth-order valence-corrected chi connectivity index (χ4v) is 2.74. The monoisotopic (exact) mass is 354 g/mol. The maximum atomic E-state index is 12.1. The third-order valence-corrected chi connectivity index (χ3v) is 3.87. The van der Waals surface area contributed by atoms with Crippen LogP contribution in [0.15, 0.2) is 57.7 Å². The molecule has 0 fully saturated rings. The summed E-state index contributed by atoms with van der Waals surface area (Å²) in [5, 5.41) is 2.85. The number of fused-ring (bicyclic) bond motifs is 1. The van der Waals surface area contributed by atoms with E-state index < -0.39 is 5.76 Å². The van der Waals surface area contributed by atoms with E-state index >= 15 is 0 Å². The van der Waals surface area contributed by atoms with E-state index in [1.54, 1.807) is 10.6 Å². The van der Waals surface area contributed by atoms with Gasteiger partial charge in [-0.2, -0.15) is 0 Å². The smallest absolute Gasteiger partial charge is 0.419 e. The summed E-state index contributed by atoms with van der Waals surface area (Å²) in [5.74, 6) is 0.278. The molecule has 6 heteroatoms. The normalized spacial score (nSPS) is 11.0. The minimum absolute atomic E-state index is 0.0941. The average molecular weight is 354 g/mol. The van der Waals surface area contributed by atoms with E-state index in [4.69, 9.17) is 9.15 Å². The first-order valence-electron chi connectivity index (χ1n) is 8.68. The predicted octanol–water partition coefficient (Wildman–Crippen LogP) is 3.80. The number of hydrogen-bond acceptors (Lipinski definition) is 4. The van der Waals surface area contributed by atoms with E-state index in [1.807, 2.05) is 56.3 Å². The van der Waals surface area contributed by atoms with Crippen LogP contribution in [0.4, 0.5) is 5.69 Å². The van der Waals surface area contributed by atoms with Gasteiger partial charge in [0.1, 0.15) is 5.75 Å². The van der Waals surface area contributed by atoms with Crippen molar-refractivity contribution in [3.8, 4) is 5.75 Å². The first kappa shape index (κ1) is 17.8. The van der Waals surface area contributed by atoms with Crippen LogP contribution in [0.25, 0.3) is 11.1 Å². The van der Waals surface area contributed by atoms with Gasteiger partial charge in [0.2, 0.25) is 5.91 Å². The van der Waals surface area contributed by atoms with E-state index in [-0.39, 0.29) is 12.0 Å². The van der Waals surface area contributed by atoms with Crippen molar-refractivity contribution in [1.82, 2.24) is 4.57 Å². The molecule has 6 nitrogen and oxygen atoms in total. The van der Waals surface area contributed by atoms with Gasteiger partial charge in [0.05, 0.1) is 11.6 Å². The molecule has 0 spiro atoms. The highest BCUT2D eigenvalue weighted by Gasteiger charge is 2.09. The van der Waals surface area contributed by atoms with Crippen molar-refractivity contribution in [3.63, 3.8) is 0 Å². The van der Waals surface area contributed by atoms with Crippen molar-refractivity contribution in [2.45, 2.75) is 39.3 Å². The molecule has 3 rings (SSSR count). The third-order valence-electron chi connectivity index (χ3n) is 3.87. The summed E-state index contributed by atoms with van der Waals surface area (Å²) < 4.78 is 12.3. The second kappa shape index (κ2) is 7.91. The number of amides is 1. The molecule has 26 heavy (non-hydrogen) atoms. The molecular formula is C20H22N2O4. The zero-order valence-corrected chi connectivity index (χ0v) is 14.9. The average Bonchev–Trinajstić information content (AvgIpc) is 2.92.